The van der Waals surface area contributed by atoms with Gasteiger partial charge in [0.15, 0.2) is 0 Å². The number of aryl methyl sites for hydroxylation is 2. The summed E-state index contributed by atoms with van der Waals surface area (Å²) in [6.45, 7) is 9.27. The number of hydrogen-bond donors (Lipinski definition) is 0. The molecule has 0 unspecified atom stereocenters. The van der Waals surface area contributed by atoms with Gasteiger partial charge in [0.25, 0.3) is 5.89 Å². The first-order valence-corrected chi connectivity index (χ1v) is 8.46. The molecule has 6 nitrogen and oxygen atoms in total. The number of furan rings is 1. The molecule has 26 heavy (non-hydrogen) atoms. The van der Waals surface area contributed by atoms with Crippen molar-refractivity contribution in [1.82, 2.24) is 15.1 Å². The van der Waals surface area contributed by atoms with Crippen LogP contribution < -0.4 is 4.74 Å². The molecule has 0 bridgehead atoms. The molecule has 0 saturated carbocycles. The summed E-state index contributed by atoms with van der Waals surface area (Å²) in [5, 5.41) is 8.28. The Morgan fingerprint density at radius 1 is 1.12 bits per heavy atom. The SMILES string of the molecule is C=CCOc1ccc(CN(C)Cc2nnc(-c3cc(C)oc3C)o2)cc1. The van der Waals surface area contributed by atoms with Gasteiger partial charge in [-0.3, -0.25) is 4.90 Å². The Hall–Kier alpha value is -2.86. The van der Waals surface area contributed by atoms with E-state index in [1.807, 2.05) is 51.2 Å². The number of aromatic nitrogens is 2. The third kappa shape index (κ3) is 4.40. The minimum atomic E-state index is 0.492. The lowest BCUT2D eigenvalue weighted by atomic mass is 10.2. The predicted octanol–water partition coefficient (Wildman–Crippen LogP) is 4.14. The van der Waals surface area contributed by atoms with Crippen LogP contribution in [0.5, 0.6) is 5.75 Å². The van der Waals surface area contributed by atoms with Gasteiger partial charge in [0.1, 0.15) is 23.9 Å². The van der Waals surface area contributed by atoms with Crippen molar-refractivity contribution < 1.29 is 13.6 Å². The average molecular weight is 353 g/mol. The molecular formula is C20H23N3O3. The summed E-state index contributed by atoms with van der Waals surface area (Å²) in [5.41, 5.74) is 2.03. The summed E-state index contributed by atoms with van der Waals surface area (Å²) in [4.78, 5) is 2.12. The highest BCUT2D eigenvalue weighted by atomic mass is 16.5. The van der Waals surface area contributed by atoms with E-state index in [0.717, 1.165) is 29.4 Å². The molecule has 3 aromatic rings. The highest BCUT2D eigenvalue weighted by Gasteiger charge is 2.15. The van der Waals surface area contributed by atoms with Crippen molar-refractivity contribution >= 4 is 0 Å². The van der Waals surface area contributed by atoms with Gasteiger partial charge in [-0.1, -0.05) is 24.8 Å². The second-order valence-corrected chi connectivity index (χ2v) is 6.24. The topological polar surface area (TPSA) is 64.5 Å². The maximum absolute atomic E-state index is 5.78. The zero-order valence-corrected chi connectivity index (χ0v) is 15.4. The quantitative estimate of drug-likeness (QED) is 0.567. The van der Waals surface area contributed by atoms with Gasteiger partial charge in [-0.05, 0) is 44.7 Å². The molecule has 2 heterocycles. The van der Waals surface area contributed by atoms with E-state index in [2.05, 4.69) is 21.7 Å². The summed E-state index contributed by atoms with van der Waals surface area (Å²) in [5.74, 6) is 3.52. The van der Waals surface area contributed by atoms with E-state index in [4.69, 9.17) is 13.6 Å². The van der Waals surface area contributed by atoms with Gasteiger partial charge in [-0.2, -0.15) is 0 Å². The third-order valence-corrected chi connectivity index (χ3v) is 3.89. The van der Waals surface area contributed by atoms with Crippen molar-refractivity contribution in [2.24, 2.45) is 0 Å². The summed E-state index contributed by atoms with van der Waals surface area (Å²) < 4.78 is 16.8. The molecule has 0 aliphatic rings. The van der Waals surface area contributed by atoms with Gasteiger partial charge in [0, 0.05) is 6.54 Å². The molecule has 0 spiro atoms. The predicted molar refractivity (Wildman–Crippen MR) is 98.8 cm³/mol. The van der Waals surface area contributed by atoms with E-state index in [9.17, 15) is 0 Å². The van der Waals surface area contributed by atoms with Crippen molar-refractivity contribution in [3.63, 3.8) is 0 Å². The molecule has 0 amide bonds. The standard InChI is InChI=1S/C20H23N3O3/c1-5-10-24-17-8-6-16(7-9-17)12-23(4)13-19-21-22-20(26-19)18-11-14(2)25-15(18)3/h5-9,11H,1,10,12-13H2,2-4H3. The first-order chi connectivity index (χ1) is 12.5. The molecule has 0 atom stereocenters. The second-order valence-electron chi connectivity index (χ2n) is 6.24. The molecule has 3 rings (SSSR count). The Morgan fingerprint density at radius 3 is 2.54 bits per heavy atom. The maximum atomic E-state index is 5.78. The normalized spacial score (nSPS) is 11.1. The molecule has 2 aromatic heterocycles. The van der Waals surface area contributed by atoms with Crippen LogP contribution in [0.3, 0.4) is 0 Å². The first kappa shape index (κ1) is 17.9. The van der Waals surface area contributed by atoms with Crippen LogP contribution in [-0.2, 0) is 13.1 Å². The van der Waals surface area contributed by atoms with Gasteiger partial charge in [-0.15, -0.1) is 10.2 Å². The molecular weight excluding hydrogens is 330 g/mol. The Labute approximate surface area is 153 Å². The Balaban J connectivity index is 1.59. The van der Waals surface area contributed by atoms with Crippen molar-refractivity contribution in [1.29, 1.82) is 0 Å². The Morgan fingerprint density at radius 2 is 1.88 bits per heavy atom. The second kappa shape index (κ2) is 8.01. The molecule has 0 fully saturated rings. The van der Waals surface area contributed by atoms with Crippen LogP contribution in [0, 0.1) is 13.8 Å². The fraction of sp³-hybridized carbons (Fsp3) is 0.300. The fourth-order valence-corrected chi connectivity index (χ4v) is 2.71. The van der Waals surface area contributed by atoms with Crippen LogP contribution in [-0.4, -0.2) is 28.8 Å². The lowest BCUT2D eigenvalue weighted by Crippen LogP contribution is -2.17. The molecule has 0 N–H and O–H groups in total. The minimum Gasteiger partial charge on any atom is -0.490 e. The highest BCUT2D eigenvalue weighted by molar-refractivity contribution is 5.55. The summed E-state index contributed by atoms with van der Waals surface area (Å²) in [6, 6.07) is 9.92. The van der Waals surface area contributed by atoms with E-state index in [1.165, 1.54) is 5.56 Å². The third-order valence-electron chi connectivity index (χ3n) is 3.89. The first-order valence-electron chi connectivity index (χ1n) is 8.46. The van der Waals surface area contributed by atoms with Crippen LogP contribution >= 0.6 is 0 Å². The minimum absolute atomic E-state index is 0.492. The van der Waals surface area contributed by atoms with E-state index < -0.39 is 0 Å². The molecule has 1 aromatic carbocycles. The van der Waals surface area contributed by atoms with Crippen LogP contribution in [0.15, 0.2) is 51.8 Å². The molecule has 136 valence electrons. The summed E-state index contributed by atoms with van der Waals surface area (Å²) in [7, 11) is 2.01. The molecule has 0 aliphatic carbocycles. The van der Waals surface area contributed by atoms with Crippen molar-refractivity contribution in [2.45, 2.75) is 26.9 Å². The van der Waals surface area contributed by atoms with E-state index >= 15 is 0 Å². The van der Waals surface area contributed by atoms with E-state index in [0.29, 0.717) is 24.9 Å². The van der Waals surface area contributed by atoms with Crippen LogP contribution in [0.4, 0.5) is 0 Å². The monoisotopic (exact) mass is 353 g/mol. The van der Waals surface area contributed by atoms with Gasteiger partial charge in [0.05, 0.1) is 12.1 Å². The number of ether oxygens (including phenoxy) is 1. The van der Waals surface area contributed by atoms with E-state index in [-0.39, 0.29) is 0 Å². The van der Waals surface area contributed by atoms with Gasteiger partial charge >= 0.3 is 0 Å². The molecule has 0 aliphatic heterocycles. The molecule has 0 radical (unpaired) electrons. The fourth-order valence-electron chi connectivity index (χ4n) is 2.71. The lowest BCUT2D eigenvalue weighted by molar-refractivity contribution is 0.282. The smallest absolute Gasteiger partial charge is 0.251 e. The van der Waals surface area contributed by atoms with Crippen LogP contribution in [0.1, 0.15) is 23.0 Å². The Bertz CT molecular complexity index is 865. The van der Waals surface area contributed by atoms with Crippen molar-refractivity contribution in [3.05, 3.63) is 66.0 Å². The van der Waals surface area contributed by atoms with Gasteiger partial charge in [0.2, 0.25) is 5.89 Å². The van der Waals surface area contributed by atoms with Gasteiger partial charge < -0.3 is 13.6 Å². The van der Waals surface area contributed by atoms with E-state index in [1.54, 1.807) is 6.08 Å². The highest BCUT2D eigenvalue weighted by Crippen LogP contribution is 2.25. The number of nitrogens with zero attached hydrogens (tertiary/aromatic N) is 3. The molecule has 0 saturated heterocycles. The largest absolute Gasteiger partial charge is 0.490 e. The van der Waals surface area contributed by atoms with Gasteiger partial charge in [-0.25, -0.2) is 0 Å². The summed E-state index contributed by atoms with van der Waals surface area (Å²) in [6.07, 6.45) is 1.73. The van der Waals surface area contributed by atoms with Crippen LogP contribution in [0.25, 0.3) is 11.5 Å². The maximum Gasteiger partial charge on any atom is 0.251 e. The average Bonchev–Trinajstić information content (AvgIpc) is 3.20. The van der Waals surface area contributed by atoms with Crippen molar-refractivity contribution in [2.75, 3.05) is 13.7 Å². The zero-order valence-electron chi connectivity index (χ0n) is 15.4. The number of rotatable bonds is 8. The summed E-state index contributed by atoms with van der Waals surface area (Å²) >= 11 is 0. The zero-order chi connectivity index (χ0) is 18.5. The lowest BCUT2D eigenvalue weighted by Gasteiger charge is -2.14. The molecule has 6 heteroatoms. The number of benzene rings is 1. The Kier molecular flexibility index (Phi) is 5.53. The van der Waals surface area contributed by atoms with Crippen molar-refractivity contribution in [3.8, 4) is 17.2 Å². The van der Waals surface area contributed by atoms with Crippen LogP contribution in [0.2, 0.25) is 0 Å². The number of hydrogen-bond acceptors (Lipinski definition) is 6.